The van der Waals surface area contributed by atoms with E-state index in [0.717, 1.165) is 0 Å². The summed E-state index contributed by atoms with van der Waals surface area (Å²) in [5.41, 5.74) is 2.20. The molecule has 5 heteroatoms. The number of rotatable bonds is 3. The molecule has 0 fully saturated rings. The Morgan fingerprint density at radius 3 is 2.44 bits per heavy atom. The third-order valence-corrected chi connectivity index (χ3v) is 4.04. The lowest BCUT2D eigenvalue weighted by Gasteiger charge is -2.28. The molecule has 0 saturated carbocycles. The number of carbonyl (C=O) groups excluding carboxylic acids is 2. The average molecular weight is 330 g/mol. The lowest BCUT2D eigenvalue weighted by molar-refractivity contribution is -0.123. The molecule has 1 aliphatic heterocycles. The van der Waals surface area contributed by atoms with Crippen LogP contribution >= 0.6 is 0 Å². The smallest absolute Gasteiger partial charge is 0.261 e. The number of pyridine rings is 1. The summed E-state index contributed by atoms with van der Waals surface area (Å²) in [6.45, 7) is 0.127. The quantitative estimate of drug-likeness (QED) is 0.545. The van der Waals surface area contributed by atoms with E-state index in [1.807, 2.05) is 12.1 Å². The van der Waals surface area contributed by atoms with E-state index >= 15 is 0 Å². The molecule has 2 amide bonds. The van der Waals surface area contributed by atoms with Gasteiger partial charge in [-0.1, -0.05) is 24.3 Å². The fraction of sp³-hybridized carbons (Fsp3) is 0.0500. The number of hydrogen-bond acceptors (Lipinski definition) is 4. The maximum Gasteiger partial charge on any atom is 0.261 e. The van der Waals surface area contributed by atoms with Crippen LogP contribution in [0.25, 0.3) is 11.6 Å². The van der Waals surface area contributed by atoms with Crippen molar-refractivity contribution in [3.8, 4) is 0 Å². The molecule has 3 aromatic rings. The molecule has 0 atom stereocenters. The van der Waals surface area contributed by atoms with Crippen LogP contribution in [0, 0.1) is 0 Å². The van der Waals surface area contributed by atoms with Crippen molar-refractivity contribution in [2.75, 3.05) is 0 Å². The molecule has 2 aromatic heterocycles. The molecule has 0 saturated heterocycles. The van der Waals surface area contributed by atoms with Crippen molar-refractivity contribution in [1.29, 1.82) is 0 Å². The fourth-order valence-electron chi connectivity index (χ4n) is 2.86. The fourth-order valence-corrected chi connectivity index (χ4v) is 2.86. The summed E-state index contributed by atoms with van der Waals surface area (Å²) in [6.07, 6.45) is 4.85. The van der Waals surface area contributed by atoms with Crippen molar-refractivity contribution < 1.29 is 14.0 Å². The SMILES string of the molecule is O=C1/C(=C\c2ccco2)c2ccccc2C(=O)N1Cc1ccccn1. The van der Waals surface area contributed by atoms with E-state index in [2.05, 4.69) is 4.98 Å². The first-order valence-corrected chi connectivity index (χ1v) is 7.85. The topological polar surface area (TPSA) is 63.4 Å². The second kappa shape index (κ2) is 6.20. The summed E-state index contributed by atoms with van der Waals surface area (Å²) >= 11 is 0. The molecule has 1 aliphatic rings. The Labute approximate surface area is 144 Å². The van der Waals surface area contributed by atoms with Crippen LogP contribution in [0.2, 0.25) is 0 Å². The minimum atomic E-state index is -0.356. The van der Waals surface area contributed by atoms with E-state index in [4.69, 9.17) is 4.42 Å². The number of fused-ring (bicyclic) bond motifs is 1. The van der Waals surface area contributed by atoms with E-state index in [1.54, 1.807) is 61.0 Å². The van der Waals surface area contributed by atoms with Crippen molar-refractivity contribution >= 4 is 23.5 Å². The standard InChI is InChI=1S/C20H14N2O3/c23-19-17-9-2-1-8-16(17)18(12-15-7-5-11-25-15)20(24)22(19)13-14-6-3-4-10-21-14/h1-12H,13H2/b18-12-. The molecule has 0 unspecified atom stereocenters. The first-order valence-electron chi connectivity index (χ1n) is 7.85. The number of amides is 2. The van der Waals surface area contributed by atoms with Crippen LogP contribution in [-0.4, -0.2) is 21.7 Å². The lowest BCUT2D eigenvalue weighted by atomic mass is 9.92. The van der Waals surface area contributed by atoms with E-state index in [0.29, 0.717) is 28.2 Å². The van der Waals surface area contributed by atoms with Crippen LogP contribution in [0.3, 0.4) is 0 Å². The zero-order chi connectivity index (χ0) is 17.2. The Kier molecular flexibility index (Phi) is 3.74. The Morgan fingerprint density at radius 2 is 1.72 bits per heavy atom. The van der Waals surface area contributed by atoms with Gasteiger partial charge in [-0.2, -0.15) is 0 Å². The molecule has 3 heterocycles. The van der Waals surface area contributed by atoms with Crippen LogP contribution in [0.1, 0.15) is 27.4 Å². The largest absolute Gasteiger partial charge is 0.465 e. The predicted octanol–water partition coefficient (Wildman–Crippen LogP) is 3.40. The Balaban J connectivity index is 1.80. The zero-order valence-electron chi connectivity index (χ0n) is 13.3. The van der Waals surface area contributed by atoms with Crippen LogP contribution in [0.4, 0.5) is 0 Å². The third-order valence-electron chi connectivity index (χ3n) is 4.04. The number of aromatic nitrogens is 1. The van der Waals surface area contributed by atoms with Gasteiger partial charge in [-0.25, -0.2) is 0 Å². The van der Waals surface area contributed by atoms with Gasteiger partial charge in [0.2, 0.25) is 0 Å². The Bertz CT molecular complexity index is 960. The summed E-state index contributed by atoms with van der Waals surface area (Å²) in [7, 11) is 0. The highest BCUT2D eigenvalue weighted by Gasteiger charge is 2.34. The highest BCUT2D eigenvalue weighted by Crippen LogP contribution is 2.31. The second-order valence-electron chi connectivity index (χ2n) is 5.64. The van der Waals surface area contributed by atoms with Gasteiger partial charge in [0.1, 0.15) is 5.76 Å². The summed E-state index contributed by atoms with van der Waals surface area (Å²) < 4.78 is 5.34. The van der Waals surface area contributed by atoms with Crippen LogP contribution in [-0.2, 0) is 11.3 Å². The van der Waals surface area contributed by atoms with Gasteiger partial charge in [-0.05, 0) is 36.4 Å². The average Bonchev–Trinajstić information content (AvgIpc) is 3.16. The second-order valence-corrected chi connectivity index (χ2v) is 5.64. The minimum Gasteiger partial charge on any atom is -0.465 e. The minimum absolute atomic E-state index is 0.127. The highest BCUT2D eigenvalue weighted by molar-refractivity contribution is 6.33. The maximum atomic E-state index is 13.0. The maximum absolute atomic E-state index is 13.0. The normalized spacial score (nSPS) is 15.5. The molecule has 0 N–H and O–H groups in total. The molecule has 122 valence electrons. The Morgan fingerprint density at radius 1 is 0.920 bits per heavy atom. The summed E-state index contributed by atoms with van der Waals surface area (Å²) in [5, 5.41) is 0. The van der Waals surface area contributed by atoms with Crippen molar-refractivity contribution in [3.05, 3.63) is 89.6 Å². The van der Waals surface area contributed by atoms with Crippen LogP contribution < -0.4 is 0 Å². The van der Waals surface area contributed by atoms with Crippen molar-refractivity contribution in [1.82, 2.24) is 9.88 Å². The highest BCUT2D eigenvalue weighted by atomic mass is 16.3. The van der Waals surface area contributed by atoms with Gasteiger partial charge in [0.15, 0.2) is 0 Å². The van der Waals surface area contributed by atoms with Crippen molar-refractivity contribution in [2.45, 2.75) is 6.54 Å². The lowest BCUT2D eigenvalue weighted by Crippen LogP contribution is -2.41. The van der Waals surface area contributed by atoms with Gasteiger partial charge in [-0.15, -0.1) is 0 Å². The van der Waals surface area contributed by atoms with Gasteiger partial charge in [-0.3, -0.25) is 19.5 Å². The van der Waals surface area contributed by atoms with Crippen molar-refractivity contribution in [2.24, 2.45) is 0 Å². The van der Waals surface area contributed by atoms with Crippen LogP contribution in [0.15, 0.2) is 71.5 Å². The number of furan rings is 1. The molecule has 0 bridgehead atoms. The van der Waals surface area contributed by atoms with Crippen LogP contribution in [0.5, 0.6) is 0 Å². The van der Waals surface area contributed by atoms with E-state index in [9.17, 15) is 9.59 Å². The van der Waals surface area contributed by atoms with E-state index < -0.39 is 0 Å². The first kappa shape index (κ1) is 15.1. The molecule has 25 heavy (non-hydrogen) atoms. The first-order chi connectivity index (χ1) is 12.2. The molecule has 0 spiro atoms. The van der Waals surface area contributed by atoms with Gasteiger partial charge in [0, 0.05) is 17.3 Å². The zero-order valence-corrected chi connectivity index (χ0v) is 13.3. The number of carbonyl (C=O) groups is 2. The monoisotopic (exact) mass is 330 g/mol. The molecular weight excluding hydrogens is 316 g/mol. The molecule has 4 rings (SSSR count). The third kappa shape index (κ3) is 2.76. The Hall–Kier alpha value is -3.47. The van der Waals surface area contributed by atoms with Gasteiger partial charge in [0.25, 0.3) is 11.8 Å². The summed E-state index contributed by atoms with van der Waals surface area (Å²) in [4.78, 5) is 31.2. The number of hydrogen-bond donors (Lipinski definition) is 0. The molecular formula is C20H14N2O3. The molecule has 1 aromatic carbocycles. The van der Waals surface area contributed by atoms with E-state index in [-0.39, 0.29) is 18.4 Å². The van der Waals surface area contributed by atoms with Crippen molar-refractivity contribution in [3.63, 3.8) is 0 Å². The van der Waals surface area contributed by atoms with Gasteiger partial charge < -0.3 is 4.42 Å². The number of nitrogens with zero attached hydrogens (tertiary/aromatic N) is 2. The predicted molar refractivity (Wildman–Crippen MR) is 92.1 cm³/mol. The number of imide groups is 1. The van der Waals surface area contributed by atoms with Gasteiger partial charge in [0.05, 0.1) is 24.1 Å². The summed E-state index contributed by atoms with van der Waals surface area (Å²) in [5.74, 6) is -0.112. The summed E-state index contributed by atoms with van der Waals surface area (Å²) in [6, 6.07) is 16.0. The van der Waals surface area contributed by atoms with E-state index in [1.165, 1.54) is 4.90 Å². The van der Waals surface area contributed by atoms with Gasteiger partial charge >= 0.3 is 0 Å². The molecule has 0 radical (unpaired) electrons. The molecule has 0 aliphatic carbocycles. The number of benzene rings is 1. The molecule has 5 nitrogen and oxygen atoms in total.